The summed E-state index contributed by atoms with van der Waals surface area (Å²) in [6, 6.07) is 0.0354. The molecule has 2 unspecified atom stereocenters. The van der Waals surface area contributed by atoms with Crippen molar-refractivity contribution in [2.75, 3.05) is 13.1 Å². The van der Waals surface area contributed by atoms with E-state index in [1.165, 1.54) is 32.6 Å². The van der Waals surface area contributed by atoms with Gasteiger partial charge in [-0.05, 0) is 38.5 Å². The Morgan fingerprint density at radius 2 is 1.90 bits per heavy atom. The molecule has 1 saturated carbocycles. The Labute approximate surface area is 119 Å². The molecule has 1 saturated heterocycles. The molecule has 2 rings (SSSR count). The molecular weight excluding hydrogens is 260 g/mol. The van der Waals surface area contributed by atoms with Crippen molar-refractivity contribution in [3.05, 3.63) is 0 Å². The Morgan fingerprint density at radius 1 is 1.25 bits per heavy atom. The van der Waals surface area contributed by atoms with E-state index in [2.05, 4.69) is 5.32 Å². The van der Waals surface area contributed by atoms with Crippen LogP contribution in [0.3, 0.4) is 0 Å². The third-order valence-corrected chi connectivity index (χ3v) is 4.55. The van der Waals surface area contributed by atoms with E-state index in [0.717, 1.165) is 19.4 Å². The smallest absolute Gasteiger partial charge is 0.337 e. The quantitative estimate of drug-likeness (QED) is 0.723. The van der Waals surface area contributed by atoms with Crippen LogP contribution in [-0.2, 0) is 4.79 Å². The molecule has 0 aromatic rings. The first-order valence-corrected chi connectivity index (χ1v) is 7.42. The SMILES string of the molecule is CC(O)(CNC(=O)N1CCCC1C1CCCC1)C(=O)O. The summed E-state index contributed by atoms with van der Waals surface area (Å²) >= 11 is 0. The molecule has 2 atom stereocenters. The van der Waals surface area contributed by atoms with Crippen LogP contribution in [0, 0.1) is 5.92 Å². The summed E-state index contributed by atoms with van der Waals surface area (Å²) in [6.07, 6.45) is 6.88. The van der Waals surface area contributed by atoms with Gasteiger partial charge in [0.2, 0.25) is 0 Å². The molecule has 6 nitrogen and oxygen atoms in total. The van der Waals surface area contributed by atoms with Crippen LogP contribution >= 0.6 is 0 Å². The summed E-state index contributed by atoms with van der Waals surface area (Å²) in [5.41, 5.74) is -1.92. The first-order valence-electron chi connectivity index (χ1n) is 7.42. The standard InChI is InChI=1S/C14H24N2O4/c1-14(20,12(17)18)9-15-13(19)16-8-4-7-11(16)10-5-2-3-6-10/h10-11,20H,2-9H2,1H3,(H,15,19)(H,17,18). The normalized spacial score (nSPS) is 26.5. The Bertz CT molecular complexity index is 377. The summed E-state index contributed by atoms with van der Waals surface area (Å²) in [4.78, 5) is 24.8. The van der Waals surface area contributed by atoms with Gasteiger partial charge in [0, 0.05) is 12.6 Å². The van der Waals surface area contributed by atoms with Crippen molar-refractivity contribution < 1.29 is 19.8 Å². The number of likely N-dealkylation sites (tertiary alicyclic amines) is 1. The van der Waals surface area contributed by atoms with E-state index in [0.29, 0.717) is 5.92 Å². The number of nitrogens with zero attached hydrogens (tertiary/aromatic N) is 1. The average molecular weight is 284 g/mol. The predicted octanol–water partition coefficient (Wildman–Crippen LogP) is 1.19. The van der Waals surface area contributed by atoms with Gasteiger partial charge in [0.1, 0.15) is 0 Å². The maximum absolute atomic E-state index is 12.2. The Hall–Kier alpha value is -1.30. The second-order valence-electron chi connectivity index (χ2n) is 6.19. The molecule has 1 heterocycles. The average Bonchev–Trinajstić information content (AvgIpc) is 3.05. The van der Waals surface area contributed by atoms with Crippen LogP contribution in [0.5, 0.6) is 0 Å². The van der Waals surface area contributed by atoms with Crippen molar-refractivity contribution in [1.29, 1.82) is 0 Å². The summed E-state index contributed by atoms with van der Waals surface area (Å²) in [5, 5.41) is 21.0. The number of rotatable bonds is 4. The van der Waals surface area contributed by atoms with Crippen LogP contribution in [0.1, 0.15) is 45.4 Å². The van der Waals surface area contributed by atoms with Gasteiger partial charge < -0.3 is 20.4 Å². The van der Waals surface area contributed by atoms with E-state index in [1.54, 1.807) is 0 Å². The van der Waals surface area contributed by atoms with Gasteiger partial charge in [-0.25, -0.2) is 9.59 Å². The Morgan fingerprint density at radius 3 is 2.50 bits per heavy atom. The zero-order chi connectivity index (χ0) is 14.8. The van der Waals surface area contributed by atoms with Crippen LogP contribution in [0.4, 0.5) is 4.79 Å². The highest BCUT2D eigenvalue weighted by atomic mass is 16.4. The summed E-state index contributed by atoms with van der Waals surface area (Å²) in [7, 11) is 0. The second-order valence-corrected chi connectivity index (χ2v) is 6.19. The lowest BCUT2D eigenvalue weighted by atomic mass is 9.96. The van der Waals surface area contributed by atoms with E-state index in [9.17, 15) is 14.7 Å². The monoisotopic (exact) mass is 284 g/mol. The van der Waals surface area contributed by atoms with Gasteiger partial charge in [0.25, 0.3) is 0 Å². The van der Waals surface area contributed by atoms with Gasteiger partial charge in [-0.15, -0.1) is 0 Å². The molecule has 0 aromatic heterocycles. The Kier molecular flexibility index (Phi) is 4.52. The minimum atomic E-state index is -1.92. The fourth-order valence-electron chi connectivity index (χ4n) is 3.30. The van der Waals surface area contributed by atoms with Gasteiger partial charge >= 0.3 is 12.0 Å². The van der Waals surface area contributed by atoms with Crippen LogP contribution < -0.4 is 5.32 Å². The molecule has 0 radical (unpaired) electrons. The van der Waals surface area contributed by atoms with Gasteiger partial charge in [0.15, 0.2) is 5.60 Å². The van der Waals surface area contributed by atoms with E-state index in [1.807, 2.05) is 4.90 Å². The molecule has 1 aliphatic heterocycles. The van der Waals surface area contributed by atoms with Crippen molar-refractivity contribution in [2.45, 2.75) is 57.1 Å². The third kappa shape index (κ3) is 3.23. The number of carboxylic acid groups (broad SMARTS) is 1. The summed E-state index contributed by atoms with van der Waals surface area (Å²) in [5.74, 6) is -0.741. The first kappa shape index (κ1) is 15.1. The van der Waals surface area contributed by atoms with Gasteiger partial charge in [-0.2, -0.15) is 0 Å². The number of carbonyl (C=O) groups excluding carboxylic acids is 1. The predicted molar refractivity (Wildman–Crippen MR) is 73.3 cm³/mol. The molecule has 6 heteroatoms. The number of aliphatic carboxylic acids is 1. The molecule has 2 fully saturated rings. The number of aliphatic hydroxyl groups is 1. The fourth-order valence-corrected chi connectivity index (χ4v) is 3.30. The number of urea groups is 1. The maximum Gasteiger partial charge on any atom is 0.337 e. The molecular formula is C14H24N2O4. The highest BCUT2D eigenvalue weighted by Crippen LogP contribution is 2.35. The largest absolute Gasteiger partial charge is 0.479 e. The molecule has 2 aliphatic rings. The van der Waals surface area contributed by atoms with Gasteiger partial charge in [0.05, 0.1) is 6.54 Å². The zero-order valence-corrected chi connectivity index (χ0v) is 12.0. The molecule has 20 heavy (non-hydrogen) atoms. The molecule has 2 amide bonds. The summed E-state index contributed by atoms with van der Waals surface area (Å²) in [6.45, 7) is 1.64. The van der Waals surface area contributed by atoms with Crippen molar-refractivity contribution in [2.24, 2.45) is 5.92 Å². The van der Waals surface area contributed by atoms with E-state index in [4.69, 9.17) is 5.11 Å². The highest BCUT2D eigenvalue weighted by molar-refractivity contribution is 5.79. The number of amides is 2. The van der Waals surface area contributed by atoms with Gasteiger partial charge in [-0.1, -0.05) is 12.8 Å². The lowest BCUT2D eigenvalue weighted by molar-refractivity contribution is -0.155. The number of carboxylic acids is 1. The summed E-state index contributed by atoms with van der Waals surface area (Å²) < 4.78 is 0. The van der Waals surface area contributed by atoms with Crippen molar-refractivity contribution in [1.82, 2.24) is 10.2 Å². The third-order valence-electron chi connectivity index (χ3n) is 4.55. The molecule has 1 aliphatic carbocycles. The van der Waals surface area contributed by atoms with Crippen molar-refractivity contribution in [3.63, 3.8) is 0 Å². The number of hydrogen-bond donors (Lipinski definition) is 3. The van der Waals surface area contributed by atoms with E-state index in [-0.39, 0.29) is 18.6 Å². The van der Waals surface area contributed by atoms with E-state index < -0.39 is 11.6 Å². The lowest BCUT2D eigenvalue weighted by Crippen LogP contribution is -2.51. The lowest BCUT2D eigenvalue weighted by Gasteiger charge is -2.30. The van der Waals surface area contributed by atoms with Crippen LogP contribution in [-0.4, -0.2) is 51.8 Å². The number of carbonyl (C=O) groups is 2. The number of nitrogens with one attached hydrogen (secondary N) is 1. The zero-order valence-electron chi connectivity index (χ0n) is 12.0. The second kappa shape index (κ2) is 5.99. The van der Waals surface area contributed by atoms with Crippen molar-refractivity contribution in [3.8, 4) is 0 Å². The van der Waals surface area contributed by atoms with E-state index >= 15 is 0 Å². The van der Waals surface area contributed by atoms with Crippen LogP contribution in [0.2, 0.25) is 0 Å². The molecule has 0 spiro atoms. The highest BCUT2D eigenvalue weighted by Gasteiger charge is 2.37. The molecule has 114 valence electrons. The van der Waals surface area contributed by atoms with Gasteiger partial charge in [-0.3, -0.25) is 0 Å². The first-order chi connectivity index (χ1) is 9.42. The maximum atomic E-state index is 12.2. The molecule has 3 N–H and O–H groups in total. The Balaban J connectivity index is 1.89. The molecule has 0 aromatic carbocycles. The molecule has 0 bridgehead atoms. The topological polar surface area (TPSA) is 89.9 Å². The fraction of sp³-hybridized carbons (Fsp3) is 0.857. The van der Waals surface area contributed by atoms with Crippen molar-refractivity contribution >= 4 is 12.0 Å². The minimum absolute atomic E-state index is 0.249. The minimum Gasteiger partial charge on any atom is -0.479 e. The number of hydrogen-bond acceptors (Lipinski definition) is 3. The van der Waals surface area contributed by atoms with Crippen LogP contribution in [0.25, 0.3) is 0 Å². The van der Waals surface area contributed by atoms with Crippen LogP contribution in [0.15, 0.2) is 0 Å².